The number of non-ortho nitro benzene ring substituents is 1. The van der Waals surface area contributed by atoms with Crippen LogP contribution in [0.5, 0.6) is 0 Å². The number of carbonyl (C=O) groups excluding carboxylic acids is 2. The fourth-order valence-electron chi connectivity index (χ4n) is 3.86. The molecule has 2 amide bonds. The number of aryl methyl sites for hydroxylation is 2. The maximum atomic E-state index is 13.1. The van der Waals surface area contributed by atoms with Gasteiger partial charge in [0.2, 0.25) is 11.8 Å². The van der Waals surface area contributed by atoms with Gasteiger partial charge in [0, 0.05) is 17.8 Å². The fraction of sp³-hybridized carbons (Fsp3) is 0.167. The van der Waals surface area contributed by atoms with Crippen LogP contribution in [0.15, 0.2) is 48.5 Å². The second-order valence-electron chi connectivity index (χ2n) is 8.21. The molecule has 10 nitrogen and oxygen atoms in total. The average Bonchev–Trinajstić information content (AvgIpc) is 3.41. The summed E-state index contributed by atoms with van der Waals surface area (Å²) in [6.07, 6.45) is -0.414. The van der Waals surface area contributed by atoms with E-state index in [-0.39, 0.29) is 10.7 Å². The van der Waals surface area contributed by atoms with Crippen molar-refractivity contribution in [2.24, 2.45) is 11.5 Å². The topological polar surface area (TPSA) is 181 Å². The Bertz CT molecular complexity index is 1480. The van der Waals surface area contributed by atoms with E-state index in [0.29, 0.717) is 32.5 Å². The summed E-state index contributed by atoms with van der Waals surface area (Å²) < 4.78 is 0. The van der Waals surface area contributed by atoms with E-state index in [1.54, 1.807) is 38.1 Å². The highest BCUT2D eigenvalue weighted by Gasteiger charge is 2.48. The van der Waals surface area contributed by atoms with Gasteiger partial charge in [-0.05, 0) is 49.2 Å². The van der Waals surface area contributed by atoms with Gasteiger partial charge in [0.25, 0.3) is 5.69 Å². The lowest BCUT2D eigenvalue weighted by Crippen LogP contribution is -2.45. The zero-order chi connectivity index (χ0) is 26.2. The number of primary amides is 2. The minimum absolute atomic E-state index is 0.0465. The van der Waals surface area contributed by atoms with Crippen LogP contribution in [0, 0.1) is 24.0 Å². The highest BCUT2D eigenvalue weighted by Crippen LogP contribution is 2.45. The van der Waals surface area contributed by atoms with Crippen LogP contribution < -0.4 is 17.2 Å². The number of benzene rings is 2. The molecule has 0 spiro atoms. The van der Waals surface area contributed by atoms with Gasteiger partial charge in [-0.15, -0.1) is 22.7 Å². The minimum Gasteiger partial charge on any atom is -0.399 e. The predicted octanol–water partition coefficient (Wildman–Crippen LogP) is 3.69. The molecule has 36 heavy (non-hydrogen) atoms. The van der Waals surface area contributed by atoms with Crippen molar-refractivity contribution in [1.29, 1.82) is 0 Å². The van der Waals surface area contributed by atoms with Crippen molar-refractivity contribution in [3.8, 4) is 20.9 Å². The Morgan fingerprint density at radius 2 is 1.33 bits per heavy atom. The Morgan fingerprint density at radius 1 is 0.889 bits per heavy atom. The first-order valence-corrected chi connectivity index (χ1v) is 12.3. The summed E-state index contributed by atoms with van der Waals surface area (Å²) in [5, 5.41) is 11.6. The van der Waals surface area contributed by atoms with Crippen LogP contribution in [-0.2, 0) is 15.0 Å². The van der Waals surface area contributed by atoms with Crippen molar-refractivity contribution in [3.63, 3.8) is 0 Å². The molecule has 4 aromatic rings. The highest BCUT2D eigenvalue weighted by molar-refractivity contribution is 7.17. The van der Waals surface area contributed by atoms with Crippen molar-refractivity contribution in [2.75, 3.05) is 5.73 Å². The Kier molecular flexibility index (Phi) is 6.57. The molecule has 0 aliphatic rings. The van der Waals surface area contributed by atoms with Crippen molar-refractivity contribution >= 4 is 45.9 Å². The summed E-state index contributed by atoms with van der Waals surface area (Å²) in [5.74, 6) is -1.54. The van der Waals surface area contributed by atoms with E-state index in [9.17, 15) is 19.7 Å². The molecular weight excluding hydrogens is 500 g/mol. The molecule has 0 aliphatic heterocycles. The highest BCUT2D eigenvalue weighted by atomic mass is 32.1. The van der Waals surface area contributed by atoms with Crippen LogP contribution in [0.3, 0.4) is 0 Å². The van der Waals surface area contributed by atoms with E-state index >= 15 is 0 Å². The van der Waals surface area contributed by atoms with Crippen LogP contribution in [-0.4, -0.2) is 26.7 Å². The number of nitrogen functional groups attached to an aromatic ring is 1. The first kappa shape index (κ1) is 24.9. The van der Waals surface area contributed by atoms with Crippen molar-refractivity contribution in [2.45, 2.75) is 25.7 Å². The number of aromatic nitrogens is 2. The molecule has 0 bridgehead atoms. The number of rotatable bonds is 8. The van der Waals surface area contributed by atoms with Gasteiger partial charge < -0.3 is 17.2 Å². The van der Waals surface area contributed by atoms with E-state index < -0.39 is 28.6 Å². The Labute approximate surface area is 214 Å². The number of nitro benzene ring substituents is 1. The third kappa shape index (κ3) is 4.43. The van der Waals surface area contributed by atoms with Gasteiger partial charge in [0.15, 0.2) is 5.41 Å². The molecule has 6 N–H and O–H groups in total. The monoisotopic (exact) mass is 522 g/mol. The first-order chi connectivity index (χ1) is 17.0. The van der Waals surface area contributed by atoms with Crippen LogP contribution >= 0.6 is 22.7 Å². The Balaban J connectivity index is 1.88. The summed E-state index contributed by atoms with van der Waals surface area (Å²) in [4.78, 5) is 46.6. The molecule has 0 radical (unpaired) electrons. The smallest absolute Gasteiger partial charge is 0.269 e. The molecule has 4 rings (SSSR count). The van der Waals surface area contributed by atoms with Gasteiger partial charge in [-0.25, -0.2) is 9.97 Å². The van der Waals surface area contributed by atoms with E-state index in [1.165, 1.54) is 34.8 Å². The number of hydrogen-bond donors (Lipinski definition) is 3. The van der Waals surface area contributed by atoms with Crippen molar-refractivity contribution in [1.82, 2.24) is 9.97 Å². The average molecular weight is 523 g/mol. The summed E-state index contributed by atoms with van der Waals surface area (Å²) in [6, 6.07) is 13.2. The lowest BCUT2D eigenvalue weighted by Gasteiger charge is -2.25. The molecule has 2 aromatic heterocycles. The Hall–Kier alpha value is -4.16. The van der Waals surface area contributed by atoms with Crippen LogP contribution in [0.2, 0.25) is 0 Å². The van der Waals surface area contributed by atoms with Gasteiger partial charge in [-0.3, -0.25) is 19.7 Å². The van der Waals surface area contributed by atoms with Crippen LogP contribution in [0.4, 0.5) is 11.4 Å². The summed E-state index contributed by atoms with van der Waals surface area (Å²) in [6.45, 7) is 3.55. The number of nitrogens with zero attached hydrogens (tertiary/aromatic N) is 3. The summed E-state index contributed by atoms with van der Waals surface area (Å²) in [5.41, 5.74) is 19.0. The summed E-state index contributed by atoms with van der Waals surface area (Å²) >= 11 is 2.41. The number of hydrogen-bond acceptors (Lipinski definition) is 9. The molecule has 0 saturated heterocycles. The zero-order valence-electron chi connectivity index (χ0n) is 19.3. The number of carbonyl (C=O) groups is 2. The van der Waals surface area contributed by atoms with Gasteiger partial charge >= 0.3 is 0 Å². The SMILES string of the molecule is Cc1nc(C(CC(N)=O)(C(N)=O)c2nc(C)c(-c3ccc([N+](=O)[O-])cc3)s2)sc1-c1ccc(N)cc1. The molecule has 184 valence electrons. The fourth-order valence-corrected chi connectivity index (χ4v) is 6.46. The van der Waals surface area contributed by atoms with Crippen LogP contribution in [0.1, 0.15) is 27.8 Å². The van der Waals surface area contributed by atoms with Gasteiger partial charge in [0.05, 0.1) is 32.5 Å². The predicted molar refractivity (Wildman–Crippen MR) is 139 cm³/mol. The standard InChI is InChI=1S/C24H22N6O4S2/c1-12-19(14-3-7-16(25)8-4-14)35-22(28-12)24(21(27)32,11-18(26)31)23-29-13(2)20(36-23)15-5-9-17(10-6-15)30(33)34/h3-10H,11,25H2,1-2H3,(H2,26,31)(H2,27,32). The molecule has 0 saturated carbocycles. The number of nitro groups is 1. The van der Waals surface area contributed by atoms with E-state index in [4.69, 9.17) is 17.2 Å². The second kappa shape index (κ2) is 9.47. The lowest BCUT2D eigenvalue weighted by atomic mass is 9.84. The van der Waals surface area contributed by atoms with Crippen molar-refractivity contribution in [3.05, 3.63) is 80.0 Å². The largest absolute Gasteiger partial charge is 0.399 e. The van der Waals surface area contributed by atoms with E-state index in [1.807, 2.05) is 12.1 Å². The zero-order valence-corrected chi connectivity index (χ0v) is 21.0. The van der Waals surface area contributed by atoms with Gasteiger partial charge in [-0.2, -0.15) is 0 Å². The number of anilines is 1. The molecule has 2 heterocycles. The van der Waals surface area contributed by atoms with Gasteiger partial charge in [-0.1, -0.05) is 12.1 Å². The number of nitrogens with two attached hydrogens (primary N) is 3. The quantitative estimate of drug-likeness (QED) is 0.179. The van der Waals surface area contributed by atoms with E-state index in [2.05, 4.69) is 9.97 Å². The molecule has 0 fully saturated rings. The number of amides is 2. The second-order valence-corrected chi connectivity index (χ2v) is 10.2. The summed E-state index contributed by atoms with van der Waals surface area (Å²) in [7, 11) is 0. The third-order valence-electron chi connectivity index (χ3n) is 5.70. The van der Waals surface area contributed by atoms with Crippen LogP contribution in [0.25, 0.3) is 20.9 Å². The minimum atomic E-state index is -1.68. The Morgan fingerprint density at radius 3 is 1.72 bits per heavy atom. The molecule has 1 unspecified atom stereocenters. The molecule has 2 aromatic carbocycles. The lowest BCUT2D eigenvalue weighted by molar-refractivity contribution is -0.384. The maximum Gasteiger partial charge on any atom is 0.269 e. The molecular formula is C24H22N6O4S2. The normalized spacial score (nSPS) is 12.7. The van der Waals surface area contributed by atoms with Crippen molar-refractivity contribution < 1.29 is 14.5 Å². The third-order valence-corrected chi connectivity index (χ3v) is 8.43. The maximum absolute atomic E-state index is 13.1. The molecule has 12 heteroatoms. The molecule has 0 aliphatic carbocycles. The number of thiazole rings is 2. The van der Waals surface area contributed by atoms with E-state index in [0.717, 1.165) is 10.4 Å². The molecule has 1 atom stereocenters. The first-order valence-electron chi connectivity index (χ1n) is 10.7. The van der Waals surface area contributed by atoms with Gasteiger partial charge in [0.1, 0.15) is 10.0 Å².